The predicted octanol–water partition coefficient (Wildman–Crippen LogP) is 1.18. The molecule has 1 atom stereocenters. The van der Waals surface area contributed by atoms with Crippen LogP contribution in [-0.2, 0) is 0 Å². The highest BCUT2D eigenvalue weighted by atomic mass is 16.3. The van der Waals surface area contributed by atoms with E-state index in [2.05, 4.69) is 11.8 Å². The van der Waals surface area contributed by atoms with E-state index in [1.165, 1.54) is 0 Å². The molecule has 4 heteroatoms. The third-order valence-electron chi connectivity index (χ3n) is 2.87. The van der Waals surface area contributed by atoms with Gasteiger partial charge in [0.15, 0.2) is 0 Å². The molecular formula is C16H21NO3. The zero-order valence-electron chi connectivity index (χ0n) is 12.2. The molecule has 0 spiro atoms. The summed E-state index contributed by atoms with van der Waals surface area (Å²) in [5.74, 6) is 5.29. The maximum absolute atomic E-state index is 12.3. The Morgan fingerprint density at radius 3 is 2.70 bits per heavy atom. The molecule has 0 aliphatic carbocycles. The molecule has 1 rings (SSSR count). The minimum Gasteiger partial charge on any atom is -0.393 e. The Morgan fingerprint density at radius 1 is 1.40 bits per heavy atom. The fraction of sp³-hybridized carbons (Fsp3) is 0.438. The molecule has 0 fully saturated rings. The second-order valence-corrected chi connectivity index (χ2v) is 4.91. The van der Waals surface area contributed by atoms with Crippen molar-refractivity contribution >= 4 is 5.91 Å². The van der Waals surface area contributed by atoms with Crippen molar-refractivity contribution in [1.29, 1.82) is 0 Å². The Balaban J connectivity index is 2.89. The van der Waals surface area contributed by atoms with E-state index in [1.54, 1.807) is 24.9 Å². The van der Waals surface area contributed by atoms with Crippen molar-refractivity contribution in [2.45, 2.75) is 26.4 Å². The lowest BCUT2D eigenvalue weighted by Gasteiger charge is -2.18. The quantitative estimate of drug-likeness (QED) is 0.811. The predicted molar refractivity (Wildman–Crippen MR) is 78.4 cm³/mol. The van der Waals surface area contributed by atoms with Gasteiger partial charge in [-0.15, -0.1) is 0 Å². The Bertz CT molecular complexity index is 526. The maximum atomic E-state index is 12.3. The topological polar surface area (TPSA) is 60.8 Å². The number of carbonyl (C=O) groups excluding carboxylic acids is 1. The molecule has 0 heterocycles. The van der Waals surface area contributed by atoms with Crippen molar-refractivity contribution in [2.24, 2.45) is 0 Å². The van der Waals surface area contributed by atoms with Crippen molar-refractivity contribution in [3.8, 4) is 11.8 Å². The highest BCUT2D eigenvalue weighted by molar-refractivity contribution is 5.94. The van der Waals surface area contributed by atoms with Gasteiger partial charge in [-0.05, 0) is 44.0 Å². The highest BCUT2D eigenvalue weighted by Gasteiger charge is 2.13. The third-order valence-corrected chi connectivity index (χ3v) is 2.87. The minimum absolute atomic E-state index is 0.0959. The first-order valence-electron chi connectivity index (χ1n) is 6.59. The first-order valence-corrected chi connectivity index (χ1v) is 6.59. The number of benzene rings is 1. The van der Waals surface area contributed by atoms with Crippen LogP contribution >= 0.6 is 0 Å². The first-order chi connectivity index (χ1) is 9.43. The molecule has 108 valence electrons. The lowest BCUT2D eigenvalue weighted by Crippen LogP contribution is -2.29. The van der Waals surface area contributed by atoms with Gasteiger partial charge in [-0.1, -0.05) is 11.8 Å². The molecule has 1 unspecified atom stereocenters. The largest absolute Gasteiger partial charge is 0.393 e. The summed E-state index contributed by atoms with van der Waals surface area (Å²) in [6, 6.07) is 5.40. The second-order valence-electron chi connectivity index (χ2n) is 4.91. The van der Waals surface area contributed by atoms with Gasteiger partial charge in [-0.2, -0.15) is 0 Å². The smallest absolute Gasteiger partial charge is 0.253 e. The normalized spacial score (nSPS) is 11.4. The van der Waals surface area contributed by atoms with Crippen LogP contribution in [0.3, 0.4) is 0 Å². The molecule has 2 N–H and O–H groups in total. The van der Waals surface area contributed by atoms with E-state index < -0.39 is 6.10 Å². The van der Waals surface area contributed by atoms with Crippen LogP contribution in [0.4, 0.5) is 0 Å². The Kier molecular flexibility index (Phi) is 6.23. The molecule has 0 aromatic heterocycles. The molecule has 1 amide bonds. The maximum Gasteiger partial charge on any atom is 0.253 e. The van der Waals surface area contributed by atoms with E-state index in [1.807, 2.05) is 19.1 Å². The van der Waals surface area contributed by atoms with Gasteiger partial charge in [-0.25, -0.2) is 0 Å². The zero-order valence-corrected chi connectivity index (χ0v) is 12.2. The van der Waals surface area contributed by atoms with Crippen LogP contribution in [0.2, 0.25) is 0 Å². The number of hydrogen-bond acceptors (Lipinski definition) is 3. The monoisotopic (exact) mass is 275 g/mol. The average molecular weight is 275 g/mol. The Labute approximate surface area is 120 Å². The van der Waals surface area contributed by atoms with Crippen molar-refractivity contribution in [1.82, 2.24) is 4.90 Å². The van der Waals surface area contributed by atoms with Gasteiger partial charge < -0.3 is 15.1 Å². The van der Waals surface area contributed by atoms with Crippen LogP contribution in [0.1, 0.15) is 34.8 Å². The van der Waals surface area contributed by atoms with Crippen LogP contribution < -0.4 is 0 Å². The van der Waals surface area contributed by atoms with Gasteiger partial charge in [0.2, 0.25) is 0 Å². The lowest BCUT2D eigenvalue weighted by atomic mass is 10.1. The molecule has 1 aromatic carbocycles. The SMILES string of the molecule is Cc1cc(C#CCO)cc(C(=O)N(C)CCC(C)O)c1. The van der Waals surface area contributed by atoms with Gasteiger partial charge in [0.05, 0.1) is 6.10 Å². The summed E-state index contributed by atoms with van der Waals surface area (Å²) in [6.45, 7) is 3.90. The summed E-state index contributed by atoms with van der Waals surface area (Å²) in [4.78, 5) is 13.9. The van der Waals surface area contributed by atoms with Gasteiger partial charge in [0.25, 0.3) is 5.91 Å². The van der Waals surface area contributed by atoms with Crippen LogP contribution in [0, 0.1) is 18.8 Å². The van der Waals surface area contributed by atoms with Crippen LogP contribution in [0.5, 0.6) is 0 Å². The van der Waals surface area contributed by atoms with Gasteiger partial charge in [0, 0.05) is 24.7 Å². The number of aryl methyl sites for hydroxylation is 1. The summed E-state index contributed by atoms with van der Waals surface area (Å²) < 4.78 is 0. The number of hydrogen-bond donors (Lipinski definition) is 2. The molecule has 0 bridgehead atoms. The second kappa shape index (κ2) is 7.68. The zero-order chi connectivity index (χ0) is 15.1. The molecule has 0 saturated carbocycles. The van der Waals surface area contributed by atoms with Gasteiger partial charge in [0.1, 0.15) is 6.61 Å². The highest BCUT2D eigenvalue weighted by Crippen LogP contribution is 2.11. The summed E-state index contributed by atoms with van der Waals surface area (Å²) >= 11 is 0. The molecule has 0 aliphatic heterocycles. The van der Waals surface area contributed by atoms with E-state index in [0.717, 1.165) is 5.56 Å². The number of amides is 1. The fourth-order valence-corrected chi connectivity index (χ4v) is 1.82. The van der Waals surface area contributed by atoms with E-state index in [0.29, 0.717) is 24.1 Å². The van der Waals surface area contributed by atoms with Crippen LogP contribution in [0.25, 0.3) is 0 Å². The standard InChI is InChI=1S/C16H21NO3/c1-12-9-14(5-4-8-18)11-15(10-12)16(20)17(3)7-6-13(2)19/h9-11,13,18-19H,6-8H2,1-3H3. The van der Waals surface area contributed by atoms with E-state index >= 15 is 0 Å². The van der Waals surface area contributed by atoms with E-state index in [-0.39, 0.29) is 12.5 Å². The van der Waals surface area contributed by atoms with Crippen molar-refractivity contribution in [3.05, 3.63) is 34.9 Å². The molecular weight excluding hydrogens is 254 g/mol. The first kappa shape index (κ1) is 16.2. The lowest BCUT2D eigenvalue weighted by molar-refractivity contribution is 0.0769. The molecule has 4 nitrogen and oxygen atoms in total. The molecule has 0 aliphatic rings. The van der Waals surface area contributed by atoms with Crippen molar-refractivity contribution in [3.63, 3.8) is 0 Å². The number of aliphatic hydroxyl groups is 2. The summed E-state index contributed by atoms with van der Waals surface area (Å²) in [5.41, 5.74) is 2.23. The van der Waals surface area contributed by atoms with Crippen molar-refractivity contribution in [2.75, 3.05) is 20.2 Å². The summed E-state index contributed by atoms with van der Waals surface area (Å²) in [7, 11) is 1.71. The van der Waals surface area contributed by atoms with E-state index in [9.17, 15) is 9.90 Å². The Hall–Kier alpha value is -1.83. The number of nitrogens with zero attached hydrogens (tertiary/aromatic N) is 1. The van der Waals surface area contributed by atoms with Crippen molar-refractivity contribution < 1.29 is 15.0 Å². The minimum atomic E-state index is -0.422. The molecule has 0 saturated heterocycles. The summed E-state index contributed by atoms with van der Waals surface area (Å²) in [5, 5.41) is 18.0. The third kappa shape index (κ3) is 5.04. The van der Waals surface area contributed by atoms with Gasteiger partial charge in [-0.3, -0.25) is 4.79 Å². The Morgan fingerprint density at radius 2 is 2.10 bits per heavy atom. The van der Waals surface area contributed by atoms with Crippen LogP contribution in [-0.4, -0.2) is 47.3 Å². The summed E-state index contributed by atoms with van der Waals surface area (Å²) in [6.07, 6.45) is 0.124. The fourth-order valence-electron chi connectivity index (χ4n) is 1.82. The number of aliphatic hydroxyl groups excluding tert-OH is 2. The number of rotatable bonds is 4. The molecule has 20 heavy (non-hydrogen) atoms. The van der Waals surface area contributed by atoms with E-state index in [4.69, 9.17) is 5.11 Å². The van der Waals surface area contributed by atoms with Crippen LogP contribution in [0.15, 0.2) is 18.2 Å². The van der Waals surface area contributed by atoms with Gasteiger partial charge >= 0.3 is 0 Å². The molecule has 0 radical (unpaired) electrons. The molecule has 1 aromatic rings. The average Bonchev–Trinajstić information content (AvgIpc) is 2.41. The number of carbonyl (C=O) groups is 1.